The van der Waals surface area contributed by atoms with Crippen molar-refractivity contribution in [2.45, 2.75) is 19.8 Å². The third-order valence-electron chi connectivity index (χ3n) is 5.97. The van der Waals surface area contributed by atoms with Crippen LogP contribution in [-0.2, 0) is 9.59 Å². The quantitative estimate of drug-likeness (QED) is 0.609. The number of nitrogens with zero attached hydrogens (tertiary/aromatic N) is 1. The second-order valence-electron chi connectivity index (χ2n) is 7.86. The molecule has 2 aromatic rings. The van der Waals surface area contributed by atoms with Gasteiger partial charge in [0.2, 0.25) is 5.83 Å². The molecule has 0 heterocycles. The largest absolute Gasteiger partial charge is 0.481 e. The Morgan fingerprint density at radius 3 is 2.39 bits per heavy atom. The van der Waals surface area contributed by atoms with Crippen molar-refractivity contribution < 1.29 is 33.3 Å². The summed E-state index contributed by atoms with van der Waals surface area (Å²) in [7, 11) is 0. The van der Waals surface area contributed by atoms with Crippen LogP contribution in [0.25, 0.3) is 0 Å². The highest BCUT2D eigenvalue weighted by atomic mass is 19.1. The van der Waals surface area contributed by atoms with Gasteiger partial charge in [-0.2, -0.15) is 9.65 Å². The van der Waals surface area contributed by atoms with E-state index in [0.29, 0.717) is 5.75 Å². The molecule has 0 spiro atoms. The van der Waals surface area contributed by atoms with Gasteiger partial charge in [-0.1, -0.05) is 38.1 Å². The summed E-state index contributed by atoms with van der Waals surface area (Å²) in [4.78, 5) is 23.2. The Morgan fingerprint density at radius 2 is 1.84 bits per heavy atom. The fourth-order valence-electron chi connectivity index (χ4n) is 4.31. The van der Waals surface area contributed by atoms with E-state index in [0.717, 1.165) is 12.1 Å². The lowest BCUT2D eigenvalue weighted by molar-refractivity contribution is -0.145. The maximum absolute atomic E-state index is 14.3. The van der Waals surface area contributed by atoms with Crippen molar-refractivity contribution in [2.75, 3.05) is 0 Å². The number of carboxylic acids is 2. The van der Waals surface area contributed by atoms with Gasteiger partial charge in [-0.3, -0.25) is 4.79 Å². The number of hydrogen-bond acceptors (Lipinski definition) is 4. The van der Waals surface area contributed by atoms with Gasteiger partial charge in [0, 0.05) is 5.92 Å². The van der Waals surface area contributed by atoms with E-state index in [2.05, 4.69) is 0 Å². The number of carbonyl (C=O) groups is 2. The zero-order valence-corrected chi connectivity index (χ0v) is 16.7. The lowest BCUT2D eigenvalue weighted by Crippen LogP contribution is -2.29. The van der Waals surface area contributed by atoms with E-state index < -0.39 is 46.2 Å². The molecule has 0 aromatic heterocycles. The average molecular weight is 427 g/mol. The summed E-state index contributed by atoms with van der Waals surface area (Å²) in [5.74, 6) is -7.65. The minimum absolute atomic E-state index is 0.164. The van der Waals surface area contributed by atoms with Crippen LogP contribution >= 0.6 is 0 Å². The van der Waals surface area contributed by atoms with E-state index in [4.69, 9.17) is 9.84 Å². The average Bonchev–Trinajstić information content (AvgIpc) is 3.21. The SMILES string of the molecule is CC1(C)C(C=C(F)C(=O)O)C1(C(=O)O)C(C#N)c1ccc(F)c(Oc2ccccc2)c1. The zero-order valence-electron chi connectivity index (χ0n) is 16.7. The molecule has 160 valence electrons. The molecule has 0 amide bonds. The van der Waals surface area contributed by atoms with Crippen molar-refractivity contribution in [1.82, 2.24) is 0 Å². The standard InChI is InChI=1S/C23H19F2NO5/c1-22(2)19(11-17(25)20(27)28)23(22,21(29)30)15(12-26)13-8-9-16(24)18(10-13)31-14-6-4-3-5-7-14/h3-11,15,19H,1-2H3,(H,27,28)(H,29,30). The lowest BCUT2D eigenvalue weighted by atomic mass is 9.78. The number of nitriles is 1. The van der Waals surface area contributed by atoms with E-state index in [1.54, 1.807) is 30.3 Å². The zero-order chi connectivity index (χ0) is 23.0. The van der Waals surface area contributed by atoms with E-state index in [-0.39, 0.29) is 11.3 Å². The highest BCUT2D eigenvalue weighted by molar-refractivity contribution is 5.87. The maximum Gasteiger partial charge on any atom is 0.364 e. The molecule has 1 aliphatic rings. The molecule has 6 nitrogen and oxygen atoms in total. The Bertz CT molecular complexity index is 1110. The van der Waals surface area contributed by atoms with Crippen LogP contribution < -0.4 is 4.74 Å². The number of benzene rings is 2. The number of carboxylic acid groups (broad SMARTS) is 2. The van der Waals surface area contributed by atoms with Gasteiger partial charge in [0.05, 0.1) is 12.0 Å². The van der Waals surface area contributed by atoms with Crippen LogP contribution in [0.3, 0.4) is 0 Å². The summed E-state index contributed by atoms with van der Waals surface area (Å²) in [6.07, 6.45) is 0.728. The van der Waals surface area contributed by atoms with Gasteiger partial charge >= 0.3 is 11.9 Å². The van der Waals surface area contributed by atoms with E-state index in [9.17, 15) is 28.7 Å². The molecule has 2 N–H and O–H groups in total. The maximum atomic E-state index is 14.3. The number of aliphatic carboxylic acids is 2. The minimum Gasteiger partial charge on any atom is -0.481 e. The smallest absolute Gasteiger partial charge is 0.364 e. The first-order chi connectivity index (χ1) is 14.6. The molecule has 0 aliphatic heterocycles. The van der Waals surface area contributed by atoms with Gasteiger partial charge in [-0.05, 0) is 41.3 Å². The first kappa shape index (κ1) is 22.0. The molecule has 2 aromatic carbocycles. The van der Waals surface area contributed by atoms with Crippen molar-refractivity contribution >= 4 is 11.9 Å². The molecular weight excluding hydrogens is 408 g/mol. The normalized spacial score (nSPS) is 22.8. The van der Waals surface area contributed by atoms with Gasteiger partial charge in [0.15, 0.2) is 11.6 Å². The molecule has 3 rings (SSSR count). The number of allylic oxidation sites excluding steroid dienone is 1. The fraction of sp³-hybridized carbons (Fsp3) is 0.261. The van der Waals surface area contributed by atoms with Crippen molar-refractivity contribution in [3.63, 3.8) is 0 Å². The summed E-state index contributed by atoms with van der Waals surface area (Å²) >= 11 is 0. The molecule has 3 atom stereocenters. The van der Waals surface area contributed by atoms with Crippen molar-refractivity contribution in [3.05, 3.63) is 71.8 Å². The molecule has 1 fully saturated rings. The highest BCUT2D eigenvalue weighted by Crippen LogP contribution is 2.75. The minimum atomic E-state index is -1.82. The third kappa shape index (κ3) is 3.52. The van der Waals surface area contributed by atoms with Crippen molar-refractivity contribution in [3.8, 4) is 17.6 Å². The van der Waals surface area contributed by atoms with E-state index in [1.807, 2.05) is 6.07 Å². The molecule has 0 saturated heterocycles. The Labute approximate surface area is 177 Å². The van der Waals surface area contributed by atoms with E-state index >= 15 is 0 Å². The predicted molar refractivity (Wildman–Crippen MR) is 105 cm³/mol. The van der Waals surface area contributed by atoms with Crippen LogP contribution in [0.1, 0.15) is 25.3 Å². The Kier molecular flexibility index (Phi) is 5.55. The topological polar surface area (TPSA) is 108 Å². The Balaban J connectivity index is 2.07. The van der Waals surface area contributed by atoms with Gasteiger partial charge in [0.1, 0.15) is 11.2 Å². The number of rotatable bonds is 7. The Hall–Kier alpha value is -3.73. The number of hydrogen-bond donors (Lipinski definition) is 2. The van der Waals surface area contributed by atoms with Crippen molar-refractivity contribution in [1.29, 1.82) is 5.26 Å². The lowest BCUT2D eigenvalue weighted by Gasteiger charge is -2.22. The molecule has 3 unspecified atom stereocenters. The van der Waals surface area contributed by atoms with Crippen LogP contribution in [0.15, 0.2) is 60.4 Å². The second-order valence-corrected chi connectivity index (χ2v) is 7.86. The second kappa shape index (κ2) is 7.84. The number of ether oxygens (including phenoxy) is 1. The van der Waals surface area contributed by atoms with Gasteiger partial charge in [-0.15, -0.1) is 0 Å². The Morgan fingerprint density at radius 1 is 1.19 bits per heavy atom. The molecule has 31 heavy (non-hydrogen) atoms. The molecule has 0 radical (unpaired) electrons. The molecular formula is C23H19F2NO5. The summed E-state index contributed by atoms with van der Waals surface area (Å²) in [6.45, 7) is 3.04. The van der Waals surface area contributed by atoms with Crippen molar-refractivity contribution in [2.24, 2.45) is 16.7 Å². The monoisotopic (exact) mass is 427 g/mol. The van der Waals surface area contributed by atoms with E-state index in [1.165, 1.54) is 26.0 Å². The van der Waals surface area contributed by atoms with Gasteiger partial charge in [0.25, 0.3) is 0 Å². The third-order valence-corrected chi connectivity index (χ3v) is 5.97. The van der Waals surface area contributed by atoms with Crippen LogP contribution in [0.2, 0.25) is 0 Å². The van der Waals surface area contributed by atoms with Gasteiger partial charge in [-0.25, -0.2) is 9.18 Å². The fourth-order valence-corrected chi connectivity index (χ4v) is 4.31. The first-order valence-corrected chi connectivity index (χ1v) is 9.33. The summed E-state index contributed by atoms with van der Waals surface area (Å²) < 4.78 is 33.7. The predicted octanol–water partition coefficient (Wildman–Crippen LogP) is 4.89. The van der Waals surface area contributed by atoms with Gasteiger partial charge < -0.3 is 14.9 Å². The van der Waals surface area contributed by atoms with Crippen LogP contribution in [0.5, 0.6) is 11.5 Å². The highest BCUT2D eigenvalue weighted by Gasteiger charge is 2.78. The first-order valence-electron chi connectivity index (χ1n) is 9.33. The van der Waals surface area contributed by atoms with Crippen LogP contribution in [0, 0.1) is 33.9 Å². The van der Waals surface area contributed by atoms with Crippen LogP contribution in [0.4, 0.5) is 8.78 Å². The summed E-state index contributed by atoms with van der Waals surface area (Å²) in [6, 6.07) is 13.9. The molecule has 1 aliphatic carbocycles. The summed E-state index contributed by atoms with van der Waals surface area (Å²) in [5, 5.41) is 28.7. The molecule has 0 bridgehead atoms. The number of para-hydroxylation sites is 1. The number of halogens is 2. The van der Waals surface area contributed by atoms with Crippen LogP contribution in [-0.4, -0.2) is 22.2 Å². The molecule has 8 heteroatoms. The molecule has 1 saturated carbocycles. The summed E-state index contributed by atoms with van der Waals surface area (Å²) in [5.41, 5.74) is -2.78.